The fraction of sp³-hybridized carbons (Fsp3) is 0.562. The Morgan fingerprint density at radius 3 is 2.47 bits per heavy atom. The maximum Gasteiger partial charge on any atom is 0.237 e. The molecule has 0 aliphatic carbocycles. The Labute approximate surface area is 116 Å². The summed E-state index contributed by atoms with van der Waals surface area (Å²) in [4.78, 5) is 11.8. The van der Waals surface area contributed by atoms with Gasteiger partial charge >= 0.3 is 0 Å². The number of nitrogens with two attached hydrogens (primary N) is 1. The lowest BCUT2D eigenvalue weighted by atomic mass is 9.97. The van der Waals surface area contributed by atoms with Crippen LogP contribution in [0.3, 0.4) is 0 Å². The first-order chi connectivity index (χ1) is 9.06. The van der Waals surface area contributed by atoms with Crippen molar-refractivity contribution in [3.8, 4) is 0 Å². The molecule has 0 saturated carbocycles. The van der Waals surface area contributed by atoms with Gasteiger partial charge in [0, 0.05) is 6.54 Å². The number of hydrogen-bond acceptors (Lipinski definition) is 2. The van der Waals surface area contributed by atoms with Crippen molar-refractivity contribution in [2.75, 3.05) is 6.54 Å². The molecule has 1 amide bonds. The molecule has 0 bridgehead atoms. The van der Waals surface area contributed by atoms with Crippen molar-refractivity contribution in [1.29, 1.82) is 0 Å². The van der Waals surface area contributed by atoms with E-state index in [2.05, 4.69) is 31.3 Å². The molecular weight excluding hydrogens is 236 g/mol. The number of carbonyl (C=O) groups is 1. The molecule has 3 atom stereocenters. The molecule has 0 fully saturated rings. The van der Waals surface area contributed by atoms with Gasteiger partial charge in [0.15, 0.2) is 0 Å². The summed E-state index contributed by atoms with van der Waals surface area (Å²) in [5.74, 6) is 0.641. The third-order valence-corrected chi connectivity index (χ3v) is 3.80. The molecule has 1 rings (SSSR count). The van der Waals surface area contributed by atoms with Crippen molar-refractivity contribution in [2.45, 2.75) is 45.6 Å². The molecule has 0 aliphatic rings. The molecule has 0 aromatic heterocycles. The van der Waals surface area contributed by atoms with Gasteiger partial charge in [0.25, 0.3) is 0 Å². The van der Waals surface area contributed by atoms with Crippen molar-refractivity contribution in [2.24, 2.45) is 11.7 Å². The number of amides is 1. The van der Waals surface area contributed by atoms with Crippen LogP contribution in [-0.2, 0) is 4.79 Å². The summed E-state index contributed by atoms with van der Waals surface area (Å²) in [7, 11) is 0. The van der Waals surface area contributed by atoms with Gasteiger partial charge in [-0.25, -0.2) is 0 Å². The Hall–Kier alpha value is -1.35. The summed E-state index contributed by atoms with van der Waals surface area (Å²) in [5, 5.41) is 2.93. The normalized spacial score (nSPS) is 15.6. The van der Waals surface area contributed by atoms with Gasteiger partial charge in [0.2, 0.25) is 5.91 Å². The molecule has 3 N–H and O–H groups in total. The van der Waals surface area contributed by atoms with Crippen LogP contribution >= 0.6 is 0 Å². The highest BCUT2D eigenvalue weighted by atomic mass is 16.2. The third-order valence-electron chi connectivity index (χ3n) is 3.80. The topological polar surface area (TPSA) is 55.1 Å². The standard InChI is InChI=1S/C16H26N2O/c1-4-12(2)15(17)16(19)18-11-10-13(3)14-8-6-5-7-9-14/h5-9,12-13,15H,4,10-11,17H2,1-3H3,(H,18,19)/t12-,13?,15-/m0/s1. The summed E-state index contributed by atoms with van der Waals surface area (Å²) < 4.78 is 0. The van der Waals surface area contributed by atoms with Crippen molar-refractivity contribution < 1.29 is 4.79 Å². The van der Waals surface area contributed by atoms with E-state index < -0.39 is 6.04 Å². The summed E-state index contributed by atoms with van der Waals surface area (Å²) >= 11 is 0. The maximum absolute atomic E-state index is 11.8. The molecular formula is C16H26N2O. The van der Waals surface area contributed by atoms with Gasteiger partial charge in [-0.15, -0.1) is 0 Å². The van der Waals surface area contributed by atoms with Gasteiger partial charge in [-0.1, -0.05) is 57.5 Å². The largest absolute Gasteiger partial charge is 0.355 e. The van der Waals surface area contributed by atoms with Crippen molar-refractivity contribution in [3.05, 3.63) is 35.9 Å². The van der Waals surface area contributed by atoms with Crippen LogP contribution in [0.1, 0.15) is 45.1 Å². The fourth-order valence-electron chi connectivity index (χ4n) is 1.99. The number of hydrogen-bond donors (Lipinski definition) is 2. The Balaban J connectivity index is 2.32. The predicted octanol–water partition coefficient (Wildman–Crippen LogP) is 2.67. The molecule has 0 heterocycles. The van der Waals surface area contributed by atoms with Crippen LogP contribution in [0.2, 0.25) is 0 Å². The summed E-state index contributed by atoms with van der Waals surface area (Å²) in [6.07, 6.45) is 1.86. The predicted molar refractivity (Wildman–Crippen MR) is 79.9 cm³/mol. The number of benzene rings is 1. The Kier molecular flexibility index (Phi) is 6.57. The van der Waals surface area contributed by atoms with E-state index >= 15 is 0 Å². The Morgan fingerprint density at radius 2 is 1.89 bits per heavy atom. The zero-order chi connectivity index (χ0) is 14.3. The highest BCUT2D eigenvalue weighted by Gasteiger charge is 2.18. The minimum absolute atomic E-state index is 0.0328. The highest BCUT2D eigenvalue weighted by molar-refractivity contribution is 5.81. The second kappa shape index (κ2) is 7.95. The lowest BCUT2D eigenvalue weighted by Crippen LogP contribution is -2.45. The maximum atomic E-state index is 11.8. The zero-order valence-corrected chi connectivity index (χ0v) is 12.2. The number of rotatable bonds is 7. The average Bonchev–Trinajstić information content (AvgIpc) is 2.46. The average molecular weight is 262 g/mol. The van der Waals surface area contributed by atoms with Crippen LogP contribution in [0.5, 0.6) is 0 Å². The van der Waals surface area contributed by atoms with E-state index in [1.807, 2.05) is 25.1 Å². The van der Waals surface area contributed by atoms with Gasteiger partial charge in [0.05, 0.1) is 6.04 Å². The molecule has 1 unspecified atom stereocenters. The number of carbonyl (C=O) groups excluding carboxylic acids is 1. The van der Waals surface area contributed by atoms with Crippen LogP contribution in [0, 0.1) is 5.92 Å². The fourth-order valence-corrected chi connectivity index (χ4v) is 1.99. The molecule has 3 heteroatoms. The first-order valence-corrected chi connectivity index (χ1v) is 7.14. The Bertz CT molecular complexity index is 378. The van der Waals surface area contributed by atoms with Crippen molar-refractivity contribution >= 4 is 5.91 Å². The molecule has 106 valence electrons. The monoisotopic (exact) mass is 262 g/mol. The molecule has 0 spiro atoms. The van der Waals surface area contributed by atoms with Gasteiger partial charge < -0.3 is 11.1 Å². The first kappa shape index (κ1) is 15.7. The van der Waals surface area contributed by atoms with Gasteiger partial charge in [0.1, 0.15) is 0 Å². The number of nitrogens with one attached hydrogen (secondary N) is 1. The van der Waals surface area contributed by atoms with Gasteiger partial charge in [-0.05, 0) is 23.8 Å². The lowest BCUT2D eigenvalue weighted by Gasteiger charge is -2.18. The third kappa shape index (κ3) is 5.03. The van der Waals surface area contributed by atoms with E-state index in [1.54, 1.807) is 0 Å². The minimum atomic E-state index is -0.392. The first-order valence-electron chi connectivity index (χ1n) is 7.14. The van der Waals surface area contributed by atoms with Crippen LogP contribution in [-0.4, -0.2) is 18.5 Å². The molecule has 0 radical (unpaired) electrons. The van der Waals surface area contributed by atoms with E-state index in [0.29, 0.717) is 12.5 Å². The summed E-state index contributed by atoms with van der Waals surface area (Å²) in [6.45, 7) is 6.92. The van der Waals surface area contributed by atoms with Crippen molar-refractivity contribution in [3.63, 3.8) is 0 Å². The van der Waals surface area contributed by atoms with Crippen LogP contribution in [0.4, 0.5) is 0 Å². The van der Waals surface area contributed by atoms with E-state index in [4.69, 9.17) is 5.73 Å². The SMILES string of the molecule is CC[C@H](C)[C@H](N)C(=O)NCCC(C)c1ccccc1. The quantitative estimate of drug-likeness (QED) is 0.793. The molecule has 0 aliphatic heterocycles. The van der Waals surface area contributed by atoms with Gasteiger partial charge in [-0.2, -0.15) is 0 Å². The lowest BCUT2D eigenvalue weighted by molar-refractivity contribution is -0.123. The molecule has 3 nitrogen and oxygen atoms in total. The molecule has 0 saturated heterocycles. The minimum Gasteiger partial charge on any atom is -0.355 e. The summed E-state index contributed by atoms with van der Waals surface area (Å²) in [5.41, 5.74) is 7.20. The van der Waals surface area contributed by atoms with Gasteiger partial charge in [-0.3, -0.25) is 4.79 Å². The van der Waals surface area contributed by atoms with E-state index in [1.165, 1.54) is 5.56 Å². The second-order valence-electron chi connectivity index (χ2n) is 5.30. The van der Waals surface area contributed by atoms with Crippen LogP contribution in [0.15, 0.2) is 30.3 Å². The van der Waals surface area contributed by atoms with E-state index in [-0.39, 0.29) is 11.8 Å². The molecule has 19 heavy (non-hydrogen) atoms. The summed E-state index contributed by atoms with van der Waals surface area (Å²) in [6, 6.07) is 9.96. The van der Waals surface area contributed by atoms with Crippen molar-refractivity contribution in [1.82, 2.24) is 5.32 Å². The van der Waals surface area contributed by atoms with Crippen LogP contribution < -0.4 is 11.1 Å². The second-order valence-corrected chi connectivity index (χ2v) is 5.30. The Morgan fingerprint density at radius 1 is 1.26 bits per heavy atom. The van der Waals surface area contributed by atoms with Crippen LogP contribution in [0.25, 0.3) is 0 Å². The highest BCUT2D eigenvalue weighted by Crippen LogP contribution is 2.17. The smallest absolute Gasteiger partial charge is 0.237 e. The zero-order valence-electron chi connectivity index (χ0n) is 12.2. The van der Waals surface area contributed by atoms with E-state index in [9.17, 15) is 4.79 Å². The molecule has 1 aromatic rings. The van der Waals surface area contributed by atoms with E-state index in [0.717, 1.165) is 12.8 Å². The molecule has 1 aromatic carbocycles.